The predicted octanol–water partition coefficient (Wildman–Crippen LogP) is 4.60. The van der Waals surface area contributed by atoms with Crippen LogP contribution in [0.1, 0.15) is 58.3 Å². The van der Waals surface area contributed by atoms with Crippen molar-refractivity contribution in [3.63, 3.8) is 0 Å². The van der Waals surface area contributed by atoms with Crippen molar-refractivity contribution in [2.45, 2.75) is 58.3 Å². The number of pyridine rings is 1. The lowest BCUT2D eigenvalue weighted by Gasteiger charge is -2.04. The number of aromatic nitrogens is 1. The maximum Gasteiger partial charge on any atom is 0.213 e. The number of unbranched alkanes of at least 4 members (excludes halogenated alkanes) is 7. The van der Waals surface area contributed by atoms with Crippen molar-refractivity contribution in [3.8, 4) is 5.88 Å². The molecule has 0 saturated heterocycles. The summed E-state index contributed by atoms with van der Waals surface area (Å²) >= 11 is 0. The molecule has 2 nitrogen and oxygen atoms in total. The van der Waals surface area contributed by atoms with Crippen LogP contribution in [0.3, 0.4) is 0 Å². The molecular weight excluding hydrogens is 210 g/mol. The average molecular weight is 235 g/mol. The number of nitrogens with zero attached hydrogens (tertiary/aromatic N) is 1. The van der Waals surface area contributed by atoms with Crippen LogP contribution in [0.4, 0.5) is 0 Å². The zero-order valence-corrected chi connectivity index (χ0v) is 11.0. The second kappa shape index (κ2) is 10.1. The van der Waals surface area contributed by atoms with Crippen LogP contribution in [-0.2, 0) is 0 Å². The fourth-order valence-corrected chi connectivity index (χ4v) is 1.85. The van der Waals surface area contributed by atoms with E-state index in [9.17, 15) is 0 Å². The third-order valence-corrected chi connectivity index (χ3v) is 2.89. The van der Waals surface area contributed by atoms with E-state index in [1.165, 1.54) is 44.9 Å². The highest BCUT2D eigenvalue weighted by molar-refractivity contribution is 5.08. The van der Waals surface area contributed by atoms with Crippen molar-refractivity contribution in [2.75, 3.05) is 6.61 Å². The van der Waals surface area contributed by atoms with E-state index in [1.54, 1.807) is 6.20 Å². The van der Waals surface area contributed by atoms with E-state index >= 15 is 0 Å². The van der Waals surface area contributed by atoms with E-state index in [4.69, 9.17) is 4.74 Å². The lowest BCUT2D eigenvalue weighted by molar-refractivity contribution is 0.293. The first kappa shape index (κ1) is 14.0. The van der Waals surface area contributed by atoms with Crippen molar-refractivity contribution < 1.29 is 4.74 Å². The Labute approximate surface area is 105 Å². The molecule has 2 heteroatoms. The van der Waals surface area contributed by atoms with Crippen LogP contribution in [0.5, 0.6) is 5.88 Å². The van der Waals surface area contributed by atoms with Gasteiger partial charge in [0, 0.05) is 12.3 Å². The molecule has 0 aliphatic carbocycles. The van der Waals surface area contributed by atoms with Crippen molar-refractivity contribution in [3.05, 3.63) is 24.4 Å². The van der Waals surface area contributed by atoms with Gasteiger partial charge in [0.25, 0.3) is 0 Å². The molecule has 0 N–H and O–H groups in total. The molecule has 1 heterocycles. The lowest BCUT2D eigenvalue weighted by atomic mass is 10.1. The second-order valence-corrected chi connectivity index (χ2v) is 4.49. The normalized spacial score (nSPS) is 10.4. The van der Waals surface area contributed by atoms with Gasteiger partial charge >= 0.3 is 0 Å². The molecule has 96 valence electrons. The van der Waals surface area contributed by atoms with Gasteiger partial charge < -0.3 is 4.74 Å². The van der Waals surface area contributed by atoms with Crippen LogP contribution in [0, 0.1) is 0 Å². The molecule has 1 aromatic heterocycles. The summed E-state index contributed by atoms with van der Waals surface area (Å²) in [7, 11) is 0. The van der Waals surface area contributed by atoms with Crippen molar-refractivity contribution in [1.29, 1.82) is 0 Å². The van der Waals surface area contributed by atoms with E-state index < -0.39 is 0 Å². The highest BCUT2D eigenvalue weighted by Crippen LogP contribution is 2.09. The zero-order chi connectivity index (χ0) is 12.2. The molecule has 0 unspecified atom stereocenters. The molecule has 0 fully saturated rings. The fraction of sp³-hybridized carbons (Fsp3) is 0.667. The van der Waals surface area contributed by atoms with Gasteiger partial charge in [-0.3, -0.25) is 0 Å². The van der Waals surface area contributed by atoms with E-state index in [2.05, 4.69) is 11.9 Å². The van der Waals surface area contributed by atoms with Crippen LogP contribution < -0.4 is 4.74 Å². The largest absolute Gasteiger partial charge is 0.478 e. The summed E-state index contributed by atoms with van der Waals surface area (Å²) < 4.78 is 5.54. The van der Waals surface area contributed by atoms with Gasteiger partial charge in [-0.15, -0.1) is 0 Å². The van der Waals surface area contributed by atoms with Gasteiger partial charge in [0.15, 0.2) is 0 Å². The highest BCUT2D eigenvalue weighted by Gasteiger charge is 1.94. The van der Waals surface area contributed by atoms with Gasteiger partial charge in [-0.1, -0.05) is 57.9 Å². The first-order valence-corrected chi connectivity index (χ1v) is 6.97. The first-order chi connectivity index (χ1) is 8.43. The van der Waals surface area contributed by atoms with Crippen LogP contribution in [0.25, 0.3) is 0 Å². The van der Waals surface area contributed by atoms with Crippen LogP contribution in [0.2, 0.25) is 0 Å². The third-order valence-electron chi connectivity index (χ3n) is 2.89. The molecule has 0 amide bonds. The van der Waals surface area contributed by atoms with Gasteiger partial charge in [-0.2, -0.15) is 0 Å². The van der Waals surface area contributed by atoms with Crippen LogP contribution >= 0.6 is 0 Å². The van der Waals surface area contributed by atoms with E-state index in [0.717, 1.165) is 18.9 Å². The number of rotatable bonds is 10. The molecule has 17 heavy (non-hydrogen) atoms. The SMILES string of the molecule is CCCCCCCCCCOc1ccccn1. The van der Waals surface area contributed by atoms with E-state index in [-0.39, 0.29) is 0 Å². The van der Waals surface area contributed by atoms with Gasteiger partial charge in [-0.25, -0.2) is 4.98 Å². The molecule has 0 aliphatic rings. The molecule has 1 aromatic rings. The quantitative estimate of drug-likeness (QED) is 0.553. The summed E-state index contributed by atoms with van der Waals surface area (Å²) in [6.07, 6.45) is 12.4. The Morgan fingerprint density at radius 3 is 2.29 bits per heavy atom. The Balaban J connectivity index is 1.85. The van der Waals surface area contributed by atoms with E-state index in [0.29, 0.717) is 0 Å². The van der Waals surface area contributed by atoms with Gasteiger partial charge in [0.05, 0.1) is 6.61 Å². The Hall–Kier alpha value is -1.05. The first-order valence-electron chi connectivity index (χ1n) is 6.97. The average Bonchev–Trinajstić information content (AvgIpc) is 2.38. The van der Waals surface area contributed by atoms with Gasteiger partial charge in [0.1, 0.15) is 0 Å². The molecule has 0 aromatic carbocycles. The molecule has 0 radical (unpaired) electrons. The molecular formula is C15H25NO. The Morgan fingerprint density at radius 2 is 1.65 bits per heavy atom. The number of hydrogen-bond donors (Lipinski definition) is 0. The Bertz CT molecular complexity index is 261. The maximum atomic E-state index is 5.54. The van der Waals surface area contributed by atoms with E-state index in [1.807, 2.05) is 18.2 Å². The Morgan fingerprint density at radius 1 is 0.941 bits per heavy atom. The van der Waals surface area contributed by atoms with Crippen molar-refractivity contribution in [2.24, 2.45) is 0 Å². The zero-order valence-electron chi connectivity index (χ0n) is 11.0. The summed E-state index contributed by atoms with van der Waals surface area (Å²) in [5, 5.41) is 0. The number of ether oxygens (including phenoxy) is 1. The molecule has 0 saturated carbocycles. The molecule has 0 bridgehead atoms. The summed E-state index contributed by atoms with van der Waals surface area (Å²) in [5.74, 6) is 0.746. The third kappa shape index (κ3) is 7.78. The standard InChI is InChI=1S/C15H25NO/c1-2-3-4-5-6-7-8-11-14-17-15-12-9-10-13-16-15/h9-10,12-13H,2-8,11,14H2,1H3. The minimum atomic E-state index is 0.746. The summed E-state index contributed by atoms with van der Waals surface area (Å²) in [6, 6.07) is 5.77. The fourth-order valence-electron chi connectivity index (χ4n) is 1.85. The minimum absolute atomic E-state index is 0.746. The van der Waals surface area contributed by atoms with Gasteiger partial charge in [-0.05, 0) is 12.5 Å². The highest BCUT2D eigenvalue weighted by atomic mass is 16.5. The smallest absolute Gasteiger partial charge is 0.213 e. The topological polar surface area (TPSA) is 22.1 Å². The summed E-state index contributed by atoms with van der Waals surface area (Å²) in [6.45, 7) is 3.06. The molecule has 1 rings (SSSR count). The van der Waals surface area contributed by atoms with Crippen molar-refractivity contribution >= 4 is 0 Å². The number of hydrogen-bond acceptors (Lipinski definition) is 2. The predicted molar refractivity (Wildman–Crippen MR) is 72.3 cm³/mol. The second-order valence-electron chi connectivity index (χ2n) is 4.49. The Kier molecular flexibility index (Phi) is 8.35. The summed E-state index contributed by atoms with van der Waals surface area (Å²) in [4.78, 5) is 4.12. The van der Waals surface area contributed by atoms with Gasteiger partial charge in [0.2, 0.25) is 5.88 Å². The van der Waals surface area contributed by atoms with Crippen molar-refractivity contribution in [1.82, 2.24) is 4.98 Å². The van der Waals surface area contributed by atoms with Crippen LogP contribution in [0.15, 0.2) is 24.4 Å². The van der Waals surface area contributed by atoms with Crippen LogP contribution in [-0.4, -0.2) is 11.6 Å². The minimum Gasteiger partial charge on any atom is -0.478 e. The molecule has 0 aliphatic heterocycles. The lowest BCUT2D eigenvalue weighted by Crippen LogP contribution is -1.98. The summed E-state index contributed by atoms with van der Waals surface area (Å²) in [5.41, 5.74) is 0. The monoisotopic (exact) mass is 235 g/mol. The maximum absolute atomic E-state index is 5.54. The molecule has 0 atom stereocenters. The molecule has 0 spiro atoms.